The normalized spacial score (nSPS) is 10.7. The number of carbonyl (C=O) groups is 1. The second-order valence-electron chi connectivity index (χ2n) is 6.45. The van der Waals surface area contributed by atoms with Gasteiger partial charge in [0.15, 0.2) is 16.6 Å². The standard InChI is InChI=1S/C21H25N3O4S/c1-13(2)16-6-8-17(9-7-16)23-21(29)24-22-12-15-10-18(26-4)20(28-14(3)25)19(11-15)27-5/h6-13H,1-5H3,(H2,23,24,29)/b22-12-. The predicted molar refractivity (Wildman–Crippen MR) is 118 cm³/mol. The van der Waals surface area contributed by atoms with Crippen LogP contribution in [0.5, 0.6) is 17.2 Å². The number of thiocarbonyl (C=S) groups is 1. The topological polar surface area (TPSA) is 81.2 Å². The molecule has 2 rings (SSSR count). The monoisotopic (exact) mass is 415 g/mol. The zero-order chi connectivity index (χ0) is 21.4. The number of rotatable bonds is 7. The van der Waals surface area contributed by atoms with Crippen molar-refractivity contribution >= 4 is 35.2 Å². The number of hydrazone groups is 1. The zero-order valence-corrected chi connectivity index (χ0v) is 17.9. The minimum atomic E-state index is -0.470. The summed E-state index contributed by atoms with van der Waals surface area (Å²) in [5.74, 6) is 0.927. The van der Waals surface area contributed by atoms with Crippen LogP contribution in [0.25, 0.3) is 0 Å². The highest BCUT2D eigenvalue weighted by molar-refractivity contribution is 7.80. The van der Waals surface area contributed by atoms with Crippen molar-refractivity contribution in [3.63, 3.8) is 0 Å². The van der Waals surface area contributed by atoms with Gasteiger partial charge >= 0.3 is 5.97 Å². The summed E-state index contributed by atoms with van der Waals surface area (Å²) in [5, 5.41) is 7.55. The Morgan fingerprint density at radius 2 is 1.69 bits per heavy atom. The number of esters is 1. The highest BCUT2D eigenvalue weighted by Gasteiger charge is 2.15. The molecule has 0 saturated carbocycles. The molecule has 0 amide bonds. The van der Waals surface area contributed by atoms with Crippen LogP contribution in [0.3, 0.4) is 0 Å². The molecule has 154 valence electrons. The van der Waals surface area contributed by atoms with Crippen LogP contribution in [0.2, 0.25) is 0 Å². The smallest absolute Gasteiger partial charge is 0.308 e. The van der Waals surface area contributed by atoms with Gasteiger partial charge in [0.2, 0.25) is 5.75 Å². The second kappa shape index (κ2) is 10.4. The first-order valence-corrected chi connectivity index (χ1v) is 9.39. The Hall–Kier alpha value is -3.13. The molecule has 0 aliphatic heterocycles. The number of hydrogen-bond donors (Lipinski definition) is 2. The molecule has 29 heavy (non-hydrogen) atoms. The van der Waals surface area contributed by atoms with Crippen molar-refractivity contribution in [2.45, 2.75) is 26.7 Å². The summed E-state index contributed by atoms with van der Waals surface area (Å²) >= 11 is 5.26. The summed E-state index contributed by atoms with van der Waals surface area (Å²) in [5.41, 5.74) is 5.56. The van der Waals surface area contributed by atoms with Gasteiger partial charge in [0, 0.05) is 18.2 Å². The van der Waals surface area contributed by atoms with Gasteiger partial charge in [-0.15, -0.1) is 0 Å². The number of benzene rings is 2. The molecule has 2 aromatic rings. The maximum absolute atomic E-state index is 11.3. The van der Waals surface area contributed by atoms with E-state index in [0.717, 1.165) is 5.69 Å². The zero-order valence-electron chi connectivity index (χ0n) is 17.1. The molecule has 7 nitrogen and oxygen atoms in total. The van der Waals surface area contributed by atoms with E-state index >= 15 is 0 Å². The van der Waals surface area contributed by atoms with Crippen molar-refractivity contribution in [3.05, 3.63) is 47.5 Å². The van der Waals surface area contributed by atoms with Gasteiger partial charge in [0.25, 0.3) is 0 Å². The third kappa shape index (κ3) is 6.46. The summed E-state index contributed by atoms with van der Waals surface area (Å²) in [6, 6.07) is 11.4. The number of nitrogens with zero attached hydrogens (tertiary/aromatic N) is 1. The van der Waals surface area contributed by atoms with Crippen molar-refractivity contribution in [1.82, 2.24) is 5.43 Å². The van der Waals surface area contributed by atoms with Crippen molar-refractivity contribution in [1.29, 1.82) is 0 Å². The molecular formula is C21H25N3O4S. The molecule has 8 heteroatoms. The maximum Gasteiger partial charge on any atom is 0.308 e. The first-order chi connectivity index (χ1) is 13.8. The minimum absolute atomic E-state index is 0.217. The Morgan fingerprint density at radius 3 is 2.17 bits per heavy atom. The minimum Gasteiger partial charge on any atom is -0.493 e. The van der Waals surface area contributed by atoms with E-state index in [-0.39, 0.29) is 5.75 Å². The largest absolute Gasteiger partial charge is 0.493 e. The van der Waals surface area contributed by atoms with Crippen LogP contribution in [0.15, 0.2) is 41.5 Å². The SMILES string of the molecule is COc1cc(/C=N\NC(=S)Nc2ccc(C(C)C)cc2)cc(OC)c1OC(C)=O. The van der Waals surface area contributed by atoms with Gasteiger partial charge in [-0.2, -0.15) is 5.10 Å². The Labute approximate surface area is 176 Å². The first kappa shape index (κ1) is 22.2. The third-order valence-corrected chi connectivity index (χ3v) is 4.14. The summed E-state index contributed by atoms with van der Waals surface area (Å²) < 4.78 is 15.7. The molecule has 0 aliphatic carbocycles. The van der Waals surface area contributed by atoms with E-state index in [1.165, 1.54) is 26.7 Å². The van der Waals surface area contributed by atoms with Gasteiger partial charge in [0.1, 0.15) is 0 Å². The van der Waals surface area contributed by atoms with Gasteiger partial charge in [-0.1, -0.05) is 26.0 Å². The lowest BCUT2D eigenvalue weighted by Crippen LogP contribution is -2.23. The number of methoxy groups -OCH3 is 2. The Balaban J connectivity index is 2.05. The molecule has 0 saturated heterocycles. The van der Waals surface area contributed by atoms with Crippen LogP contribution in [0.4, 0.5) is 5.69 Å². The summed E-state index contributed by atoms with van der Waals surface area (Å²) in [6.07, 6.45) is 1.55. The van der Waals surface area contributed by atoms with Gasteiger partial charge in [-0.25, -0.2) is 0 Å². The van der Waals surface area contributed by atoms with Crippen LogP contribution in [0.1, 0.15) is 37.8 Å². The highest BCUT2D eigenvalue weighted by atomic mass is 32.1. The molecule has 0 spiro atoms. The predicted octanol–water partition coefficient (Wildman–Crippen LogP) is 4.07. The van der Waals surface area contributed by atoms with Crippen LogP contribution in [-0.2, 0) is 4.79 Å². The Bertz CT molecular complexity index is 870. The summed E-state index contributed by atoms with van der Waals surface area (Å²) in [7, 11) is 2.95. The molecule has 0 fully saturated rings. The number of anilines is 1. The van der Waals surface area contributed by atoms with E-state index in [2.05, 4.69) is 41.8 Å². The fourth-order valence-corrected chi connectivity index (χ4v) is 2.67. The average molecular weight is 416 g/mol. The third-order valence-electron chi connectivity index (χ3n) is 3.94. The molecule has 0 aliphatic rings. The van der Waals surface area contributed by atoms with Crippen LogP contribution in [-0.4, -0.2) is 31.5 Å². The van der Waals surface area contributed by atoms with Crippen molar-refractivity contribution in [2.75, 3.05) is 19.5 Å². The van der Waals surface area contributed by atoms with Crippen molar-refractivity contribution in [3.8, 4) is 17.2 Å². The maximum atomic E-state index is 11.3. The first-order valence-electron chi connectivity index (χ1n) is 8.98. The van der Waals surface area contributed by atoms with Crippen LogP contribution < -0.4 is 25.0 Å². The molecule has 0 radical (unpaired) electrons. The summed E-state index contributed by atoms with van der Waals surface area (Å²) in [4.78, 5) is 11.3. The molecular weight excluding hydrogens is 390 g/mol. The van der Waals surface area contributed by atoms with E-state index in [4.69, 9.17) is 26.4 Å². The number of nitrogens with one attached hydrogen (secondary N) is 2. The average Bonchev–Trinajstić information content (AvgIpc) is 2.68. The molecule has 2 aromatic carbocycles. The van der Waals surface area contributed by atoms with E-state index in [1.807, 2.05) is 12.1 Å². The van der Waals surface area contributed by atoms with Gasteiger partial charge in [0.05, 0.1) is 20.4 Å². The summed E-state index contributed by atoms with van der Waals surface area (Å²) in [6.45, 7) is 5.60. The molecule has 0 aromatic heterocycles. The molecule has 0 atom stereocenters. The fourth-order valence-electron chi connectivity index (χ4n) is 2.49. The van der Waals surface area contributed by atoms with Crippen molar-refractivity contribution in [2.24, 2.45) is 5.10 Å². The second-order valence-corrected chi connectivity index (χ2v) is 6.86. The quantitative estimate of drug-likeness (QED) is 0.232. The number of hydrogen-bond acceptors (Lipinski definition) is 6. The Morgan fingerprint density at radius 1 is 1.10 bits per heavy atom. The van der Waals surface area contributed by atoms with E-state index in [9.17, 15) is 4.79 Å². The lowest BCUT2D eigenvalue weighted by atomic mass is 10.0. The van der Waals surface area contributed by atoms with Crippen LogP contribution in [0, 0.1) is 0 Å². The lowest BCUT2D eigenvalue weighted by molar-refractivity contribution is -0.132. The molecule has 0 bridgehead atoms. The van der Waals surface area contributed by atoms with E-state index in [0.29, 0.717) is 28.1 Å². The van der Waals surface area contributed by atoms with Crippen molar-refractivity contribution < 1.29 is 19.0 Å². The van der Waals surface area contributed by atoms with E-state index in [1.54, 1.807) is 18.3 Å². The van der Waals surface area contributed by atoms with E-state index < -0.39 is 5.97 Å². The molecule has 2 N–H and O–H groups in total. The molecule has 0 unspecified atom stereocenters. The number of ether oxygens (including phenoxy) is 3. The fraction of sp³-hybridized carbons (Fsp3) is 0.286. The number of carbonyl (C=O) groups excluding carboxylic acids is 1. The highest BCUT2D eigenvalue weighted by Crippen LogP contribution is 2.38. The van der Waals surface area contributed by atoms with Gasteiger partial charge < -0.3 is 19.5 Å². The molecule has 0 heterocycles. The van der Waals surface area contributed by atoms with Crippen LogP contribution >= 0.6 is 12.2 Å². The lowest BCUT2D eigenvalue weighted by Gasteiger charge is -2.13. The van der Waals surface area contributed by atoms with Gasteiger partial charge in [-0.05, 0) is 48.0 Å². The Kier molecular flexibility index (Phi) is 7.97. The van der Waals surface area contributed by atoms with Gasteiger partial charge in [-0.3, -0.25) is 10.2 Å².